The average Bonchev–Trinajstić information content (AvgIpc) is 3.50. The summed E-state index contributed by atoms with van der Waals surface area (Å²) in [6.45, 7) is 6.49. The van der Waals surface area contributed by atoms with Gasteiger partial charge in [-0.15, -0.1) is 0 Å². The van der Waals surface area contributed by atoms with E-state index >= 15 is 0 Å². The molecule has 1 aliphatic heterocycles. The summed E-state index contributed by atoms with van der Waals surface area (Å²) < 4.78 is 30.3. The molecule has 41 heavy (non-hydrogen) atoms. The van der Waals surface area contributed by atoms with E-state index in [0.29, 0.717) is 16.9 Å². The third-order valence-electron chi connectivity index (χ3n) is 7.34. The number of imide groups is 1. The third-order valence-corrected chi connectivity index (χ3v) is 7.34. The first-order valence-electron chi connectivity index (χ1n) is 13.2. The molecule has 0 aliphatic carbocycles. The smallest absolute Gasteiger partial charge is 0.417 e. The van der Waals surface area contributed by atoms with Gasteiger partial charge in [0.2, 0.25) is 0 Å². The van der Waals surface area contributed by atoms with Gasteiger partial charge < -0.3 is 19.1 Å². The van der Waals surface area contributed by atoms with E-state index in [2.05, 4.69) is 5.16 Å². The summed E-state index contributed by atoms with van der Waals surface area (Å²) >= 11 is 0. The van der Waals surface area contributed by atoms with Crippen LogP contribution in [0.4, 0.5) is 9.18 Å². The van der Waals surface area contributed by atoms with Crippen molar-refractivity contribution in [3.05, 3.63) is 113 Å². The van der Waals surface area contributed by atoms with Gasteiger partial charge in [-0.25, -0.2) is 14.1 Å². The highest BCUT2D eigenvalue weighted by Crippen LogP contribution is 2.44. The fourth-order valence-corrected chi connectivity index (χ4v) is 5.09. The van der Waals surface area contributed by atoms with Crippen molar-refractivity contribution in [1.82, 2.24) is 10.1 Å². The first-order chi connectivity index (χ1) is 19.5. The lowest BCUT2D eigenvalue weighted by Crippen LogP contribution is -2.54. The van der Waals surface area contributed by atoms with Crippen LogP contribution in [0.1, 0.15) is 55.5 Å². The summed E-state index contributed by atoms with van der Waals surface area (Å²) in [7, 11) is 0. The van der Waals surface area contributed by atoms with Gasteiger partial charge in [0.1, 0.15) is 35.0 Å². The van der Waals surface area contributed by atoms with E-state index in [1.54, 1.807) is 32.9 Å². The molecule has 212 valence electrons. The first-order valence-corrected chi connectivity index (χ1v) is 13.2. The molecule has 1 fully saturated rings. The van der Waals surface area contributed by atoms with Crippen LogP contribution in [0.3, 0.4) is 0 Å². The molecule has 5 rings (SSSR count). The third kappa shape index (κ3) is 5.51. The molecule has 0 bridgehead atoms. The minimum absolute atomic E-state index is 0.0673. The van der Waals surface area contributed by atoms with E-state index in [0.717, 1.165) is 16.0 Å². The number of aromatic nitrogens is 1. The zero-order valence-corrected chi connectivity index (χ0v) is 23.2. The number of aliphatic hydroxyl groups excluding tert-OH is 1. The highest BCUT2D eigenvalue weighted by molar-refractivity contribution is 5.99. The molecule has 0 radical (unpaired) electrons. The number of rotatable bonds is 8. The molecule has 4 aromatic rings. The number of cyclic esters (lactones) is 1. The van der Waals surface area contributed by atoms with E-state index < -0.39 is 35.3 Å². The fraction of sp³-hybridized carbons (Fsp3) is 0.281. The molecule has 0 unspecified atom stereocenters. The number of ether oxygens (including phenoxy) is 2. The van der Waals surface area contributed by atoms with Gasteiger partial charge in [-0.2, -0.15) is 0 Å². The lowest BCUT2D eigenvalue weighted by atomic mass is 9.88. The van der Waals surface area contributed by atoms with Crippen molar-refractivity contribution in [2.24, 2.45) is 0 Å². The SMILES string of the molecule is Cc1cc([C@H](O)[C@](C)(OCc2ccc(-c3ccc(F)cc3)cc2)C(=O)N2C(=O)OC(C)(C)[C@@H]2c2ccccc2)no1. The van der Waals surface area contributed by atoms with Gasteiger partial charge in [-0.1, -0.05) is 71.9 Å². The van der Waals surface area contributed by atoms with E-state index in [1.807, 2.05) is 54.6 Å². The van der Waals surface area contributed by atoms with Crippen LogP contribution in [-0.4, -0.2) is 38.4 Å². The molecule has 8 nitrogen and oxygen atoms in total. The van der Waals surface area contributed by atoms with Crippen molar-refractivity contribution < 1.29 is 33.1 Å². The van der Waals surface area contributed by atoms with Crippen molar-refractivity contribution in [3.8, 4) is 11.1 Å². The average molecular weight is 559 g/mol. The van der Waals surface area contributed by atoms with Crippen molar-refractivity contribution in [3.63, 3.8) is 0 Å². The Morgan fingerprint density at radius 2 is 1.68 bits per heavy atom. The molecule has 0 saturated carbocycles. The summed E-state index contributed by atoms with van der Waals surface area (Å²) in [5.74, 6) is -0.657. The Bertz CT molecular complexity index is 1530. The number of benzene rings is 3. The Labute approximate surface area is 237 Å². The minimum atomic E-state index is -1.95. The zero-order chi connectivity index (χ0) is 29.4. The normalized spacial score (nSPS) is 18.5. The van der Waals surface area contributed by atoms with E-state index in [1.165, 1.54) is 25.1 Å². The van der Waals surface area contributed by atoms with Crippen LogP contribution < -0.4 is 0 Å². The number of carbonyl (C=O) groups is 2. The number of carbonyl (C=O) groups excluding carboxylic acids is 2. The molecule has 3 aromatic carbocycles. The van der Waals surface area contributed by atoms with Crippen molar-refractivity contribution in [2.45, 2.75) is 57.6 Å². The maximum atomic E-state index is 14.3. The molecular weight excluding hydrogens is 527 g/mol. The predicted molar refractivity (Wildman–Crippen MR) is 148 cm³/mol. The number of amides is 2. The fourth-order valence-electron chi connectivity index (χ4n) is 5.09. The molecule has 2 heterocycles. The Balaban J connectivity index is 1.47. The number of nitrogens with zero attached hydrogens (tertiary/aromatic N) is 2. The van der Waals surface area contributed by atoms with Crippen molar-refractivity contribution in [1.29, 1.82) is 0 Å². The summed E-state index contributed by atoms with van der Waals surface area (Å²) in [6.07, 6.45) is -2.41. The minimum Gasteiger partial charge on any atom is -0.440 e. The van der Waals surface area contributed by atoms with Crippen LogP contribution in [-0.2, 0) is 20.9 Å². The van der Waals surface area contributed by atoms with Gasteiger partial charge in [-0.05, 0) is 62.1 Å². The quantitative estimate of drug-likeness (QED) is 0.271. The van der Waals surface area contributed by atoms with Gasteiger partial charge in [0, 0.05) is 6.07 Å². The van der Waals surface area contributed by atoms with Crippen LogP contribution in [0.25, 0.3) is 11.1 Å². The predicted octanol–water partition coefficient (Wildman–Crippen LogP) is 6.30. The summed E-state index contributed by atoms with van der Waals surface area (Å²) in [6, 6.07) is 23.3. The van der Waals surface area contributed by atoms with Crippen molar-refractivity contribution >= 4 is 12.0 Å². The van der Waals surface area contributed by atoms with E-state index in [-0.39, 0.29) is 18.1 Å². The number of hydrogen-bond donors (Lipinski definition) is 1. The van der Waals surface area contributed by atoms with Gasteiger partial charge in [0.25, 0.3) is 5.91 Å². The standard InChI is InChI=1S/C32H31FN2O6/c1-20-18-26(34-41-20)28(36)32(4,39-19-21-10-12-22(13-11-21)23-14-16-25(33)17-15-23)29(37)35-27(24-8-6-5-7-9-24)31(2,3)40-30(35)38/h5-18,27-28,36H,19H2,1-4H3/t27-,28-,32-/m0/s1. The molecule has 3 atom stereocenters. The molecule has 1 saturated heterocycles. The van der Waals surface area contributed by atoms with Gasteiger partial charge in [-0.3, -0.25) is 4.79 Å². The largest absolute Gasteiger partial charge is 0.440 e. The highest BCUT2D eigenvalue weighted by atomic mass is 19.1. The Kier molecular flexibility index (Phi) is 7.50. The van der Waals surface area contributed by atoms with Gasteiger partial charge >= 0.3 is 6.09 Å². The molecule has 1 aromatic heterocycles. The number of aliphatic hydroxyl groups is 1. The monoisotopic (exact) mass is 558 g/mol. The number of aryl methyl sites for hydroxylation is 1. The van der Waals surface area contributed by atoms with Gasteiger partial charge in [0.15, 0.2) is 5.60 Å². The molecule has 0 spiro atoms. The molecule has 1 N–H and O–H groups in total. The Morgan fingerprint density at radius 1 is 1.07 bits per heavy atom. The summed E-state index contributed by atoms with van der Waals surface area (Å²) in [4.78, 5) is 28.5. The second-order valence-electron chi connectivity index (χ2n) is 10.8. The van der Waals surface area contributed by atoms with Crippen LogP contribution in [0.2, 0.25) is 0 Å². The highest BCUT2D eigenvalue weighted by Gasteiger charge is 2.57. The van der Waals surface area contributed by atoms with Crippen molar-refractivity contribution in [2.75, 3.05) is 0 Å². The zero-order valence-electron chi connectivity index (χ0n) is 23.2. The second-order valence-corrected chi connectivity index (χ2v) is 10.8. The molecular formula is C32H31FN2O6. The van der Waals surface area contributed by atoms with E-state index in [9.17, 15) is 19.1 Å². The Hall–Kier alpha value is -4.34. The van der Waals surface area contributed by atoms with Crippen LogP contribution in [0, 0.1) is 12.7 Å². The molecule has 2 amide bonds. The Morgan fingerprint density at radius 3 is 2.27 bits per heavy atom. The van der Waals surface area contributed by atoms with E-state index in [4.69, 9.17) is 14.0 Å². The van der Waals surface area contributed by atoms with Crippen LogP contribution in [0.5, 0.6) is 0 Å². The first kappa shape index (κ1) is 28.2. The lowest BCUT2D eigenvalue weighted by molar-refractivity contribution is -0.175. The maximum absolute atomic E-state index is 14.3. The summed E-state index contributed by atoms with van der Waals surface area (Å²) in [5, 5.41) is 15.4. The number of halogens is 1. The maximum Gasteiger partial charge on any atom is 0.417 e. The lowest BCUT2D eigenvalue weighted by Gasteiger charge is -2.37. The topological polar surface area (TPSA) is 102 Å². The molecule has 1 aliphatic rings. The van der Waals surface area contributed by atoms with Gasteiger partial charge in [0.05, 0.1) is 6.61 Å². The van der Waals surface area contributed by atoms with Crippen LogP contribution in [0.15, 0.2) is 89.5 Å². The second kappa shape index (κ2) is 10.9. The molecule has 9 heteroatoms. The number of hydrogen-bond acceptors (Lipinski definition) is 7. The summed E-state index contributed by atoms with van der Waals surface area (Å²) in [5.41, 5.74) is 0.223. The van der Waals surface area contributed by atoms with Crippen LogP contribution >= 0.6 is 0 Å².